The Morgan fingerprint density at radius 1 is 1.12 bits per heavy atom. The number of hydrogen-bond acceptors (Lipinski definition) is 1. The Kier molecular flexibility index (Phi) is 4.64. The normalized spacial score (nSPS) is 15.5. The third kappa shape index (κ3) is 4.07. The first-order chi connectivity index (χ1) is 11.8. The largest absolute Gasteiger partial charge is 0.418 e. The summed E-state index contributed by atoms with van der Waals surface area (Å²) in [4.78, 5) is 12.1. The van der Waals surface area contributed by atoms with Crippen LogP contribution in [0.1, 0.15) is 24.0 Å². The van der Waals surface area contributed by atoms with Crippen LogP contribution in [0.25, 0.3) is 0 Å². The van der Waals surface area contributed by atoms with Crippen LogP contribution in [0.5, 0.6) is 0 Å². The number of anilines is 1. The van der Waals surface area contributed by atoms with Crippen molar-refractivity contribution in [2.45, 2.75) is 24.4 Å². The molecule has 3 rings (SSSR count). The van der Waals surface area contributed by atoms with Crippen LogP contribution < -0.4 is 10.6 Å². The molecule has 132 valence electrons. The van der Waals surface area contributed by atoms with Crippen LogP contribution >= 0.6 is 11.6 Å². The zero-order valence-electron chi connectivity index (χ0n) is 13.2. The molecule has 0 aliphatic heterocycles. The van der Waals surface area contributed by atoms with Gasteiger partial charge in [0.15, 0.2) is 0 Å². The molecule has 2 aromatic carbocycles. The zero-order chi connectivity index (χ0) is 18.1. The molecule has 2 amide bonds. The standard InChI is InChI=1S/C18H16ClF3N2O/c19-13-6-7-15(14(10-13)18(20,21)22)24-16(25)23-11-17(8-9-17)12-4-2-1-3-5-12/h1-7,10H,8-9,11H2,(H2,23,24,25). The lowest BCUT2D eigenvalue weighted by atomic mass is 9.96. The van der Waals surface area contributed by atoms with Gasteiger partial charge in [0.25, 0.3) is 0 Å². The minimum atomic E-state index is -4.60. The Balaban J connectivity index is 1.66. The number of benzene rings is 2. The molecule has 1 aliphatic rings. The average Bonchev–Trinajstić information content (AvgIpc) is 3.36. The first-order valence-corrected chi connectivity index (χ1v) is 8.15. The summed E-state index contributed by atoms with van der Waals surface area (Å²) >= 11 is 5.63. The van der Waals surface area contributed by atoms with Crippen molar-refractivity contribution in [1.82, 2.24) is 5.32 Å². The number of nitrogens with one attached hydrogen (secondary N) is 2. The van der Waals surface area contributed by atoms with Crippen molar-refractivity contribution >= 4 is 23.3 Å². The van der Waals surface area contributed by atoms with Crippen LogP contribution in [0.15, 0.2) is 48.5 Å². The average molecular weight is 369 g/mol. The Hall–Kier alpha value is -2.21. The van der Waals surface area contributed by atoms with Crippen LogP contribution in [-0.2, 0) is 11.6 Å². The third-order valence-electron chi connectivity index (χ3n) is 4.36. The van der Waals surface area contributed by atoms with Crippen molar-refractivity contribution in [1.29, 1.82) is 0 Å². The Bertz CT molecular complexity index is 774. The summed E-state index contributed by atoms with van der Waals surface area (Å²) < 4.78 is 39.2. The Morgan fingerprint density at radius 2 is 1.80 bits per heavy atom. The quantitative estimate of drug-likeness (QED) is 0.764. The van der Waals surface area contributed by atoms with Crippen LogP contribution in [-0.4, -0.2) is 12.6 Å². The minimum absolute atomic E-state index is 0.0423. The predicted octanol–water partition coefficient (Wildman–Crippen LogP) is 5.21. The highest BCUT2D eigenvalue weighted by molar-refractivity contribution is 6.30. The molecule has 0 spiro atoms. The van der Waals surface area contributed by atoms with Gasteiger partial charge >= 0.3 is 12.2 Å². The van der Waals surface area contributed by atoms with E-state index in [1.165, 1.54) is 6.07 Å². The maximum atomic E-state index is 13.1. The van der Waals surface area contributed by atoms with Crippen LogP contribution in [0, 0.1) is 0 Å². The van der Waals surface area contributed by atoms with Gasteiger partial charge in [0.2, 0.25) is 0 Å². The van der Waals surface area contributed by atoms with E-state index in [9.17, 15) is 18.0 Å². The van der Waals surface area contributed by atoms with Crippen LogP contribution in [0.4, 0.5) is 23.7 Å². The Morgan fingerprint density at radius 3 is 2.40 bits per heavy atom. The molecule has 3 nitrogen and oxygen atoms in total. The van der Waals surface area contributed by atoms with Crippen molar-refractivity contribution in [3.8, 4) is 0 Å². The summed E-state index contributed by atoms with van der Waals surface area (Å²) in [6.07, 6.45) is -2.73. The number of amides is 2. The van der Waals surface area contributed by atoms with Gasteiger partial charge in [0, 0.05) is 17.0 Å². The lowest BCUT2D eigenvalue weighted by molar-refractivity contribution is -0.136. The van der Waals surface area contributed by atoms with Gasteiger partial charge in [-0.15, -0.1) is 0 Å². The highest BCUT2D eigenvalue weighted by atomic mass is 35.5. The second-order valence-electron chi connectivity index (χ2n) is 6.14. The number of halogens is 4. The van der Waals surface area contributed by atoms with Crippen LogP contribution in [0.3, 0.4) is 0 Å². The van der Waals surface area contributed by atoms with Crippen molar-refractivity contribution in [2.24, 2.45) is 0 Å². The summed E-state index contributed by atoms with van der Waals surface area (Å²) in [5.41, 5.74) is -0.290. The summed E-state index contributed by atoms with van der Waals surface area (Å²) in [5, 5.41) is 4.90. The van der Waals surface area contributed by atoms with E-state index in [1.807, 2.05) is 30.3 Å². The van der Waals surface area contributed by atoms with Crippen molar-refractivity contribution in [3.05, 3.63) is 64.7 Å². The van der Waals surface area contributed by atoms with Gasteiger partial charge in [-0.2, -0.15) is 13.2 Å². The van der Waals surface area contributed by atoms with Crippen LogP contribution in [0.2, 0.25) is 5.02 Å². The molecule has 0 radical (unpaired) electrons. The van der Waals surface area contributed by atoms with E-state index in [0.29, 0.717) is 6.54 Å². The summed E-state index contributed by atoms with van der Waals surface area (Å²) in [6, 6.07) is 12.3. The number of carbonyl (C=O) groups is 1. The van der Waals surface area contributed by atoms with E-state index < -0.39 is 17.8 Å². The molecule has 0 bridgehead atoms. The lowest BCUT2D eigenvalue weighted by Crippen LogP contribution is -2.35. The fourth-order valence-corrected chi connectivity index (χ4v) is 2.96. The van der Waals surface area contributed by atoms with Gasteiger partial charge in [0.1, 0.15) is 0 Å². The number of rotatable bonds is 4. The molecule has 1 saturated carbocycles. The molecular weight excluding hydrogens is 353 g/mol. The topological polar surface area (TPSA) is 41.1 Å². The fraction of sp³-hybridized carbons (Fsp3) is 0.278. The molecule has 0 unspecified atom stereocenters. The number of alkyl halides is 3. The second-order valence-corrected chi connectivity index (χ2v) is 6.58. The number of hydrogen-bond donors (Lipinski definition) is 2. The van der Waals surface area contributed by atoms with E-state index in [1.54, 1.807) is 0 Å². The maximum absolute atomic E-state index is 13.1. The summed E-state index contributed by atoms with van der Waals surface area (Å²) in [6.45, 7) is 0.373. The maximum Gasteiger partial charge on any atom is 0.418 e. The molecule has 0 atom stereocenters. The van der Waals surface area contributed by atoms with Gasteiger partial charge in [-0.3, -0.25) is 0 Å². The van der Waals surface area contributed by atoms with Gasteiger partial charge in [-0.1, -0.05) is 41.9 Å². The highest BCUT2D eigenvalue weighted by Crippen LogP contribution is 2.47. The second kappa shape index (κ2) is 6.59. The number of carbonyl (C=O) groups excluding carboxylic acids is 1. The van der Waals surface area contributed by atoms with E-state index in [0.717, 1.165) is 30.5 Å². The van der Waals surface area contributed by atoms with E-state index in [4.69, 9.17) is 11.6 Å². The summed E-state index contributed by atoms with van der Waals surface area (Å²) in [5.74, 6) is 0. The first-order valence-electron chi connectivity index (χ1n) is 7.77. The van der Waals surface area contributed by atoms with Gasteiger partial charge in [0.05, 0.1) is 11.3 Å². The molecule has 0 aromatic heterocycles. The molecule has 25 heavy (non-hydrogen) atoms. The van der Waals surface area contributed by atoms with Gasteiger partial charge < -0.3 is 10.6 Å². The molecule has 0 heterocycles. The molecule has 0 saturated heterocycles. The molecule has 1 aliphatic carbocycles. The minimum Gasteiger partial charge on any atom is -0.337 e. The third-order valence-corrected chi connectivity index (χ3v) is 4.60. The molecule has 7 heteroatoms. The van der Waals surface area contributed by atoms with Crippen molar-refractivity contribution in [3.63, 3.8) is 0 Å². The van der Waals surface area contributed by atoms with Crippen molar-refractivity contribution in [2.75, 3.05) is 11.9 Å². The van der Waals surface area contributed by atoms with Crippen molar-refractivity contribution < 1.29 is 18.0 Å². The predicted molar refractivity (Wildman–Crippen MR) is 90.8 cm³/mol. The zero-order valence-corrected chi connectivity index (χ0v) is 13.9. The SMILES string of the molecule is O=C(NCC1(c2ccccc2)CC1)Nc1ccc(Cl)cc1C(F)(F)F. The van der Waals surface area contributed by atoms with E-state index in [-0.39, 0.29) is 16.1 Å². The molecule has 2 N–H and O–H groups in total. The highest BCUT2D eigenvalue weighted by Gasteiger charge is 2.44. The molecule has 1 fully saturated rings. The molecule has 2 aromatic rings. The first kappa shape index (κ1) is 17.6. The van der Waals surface area contributed by atoms with E-state index in [2.05, 4.69) is 10.6 Å². The van der Waals surface area contributed by atoms with Gasteiger partial charge in [-0.25, -0.2) is 4.79 Å². The van der Waals surface area contributed by atoms with E-state index >= 15 is 0 Å². The Labute approximate surface area is 148 Å². The fourth-order valence-electron chi connectivity index (χ4n) is 2.79. The smallest absolute Gasteiger partial charge is 0.337 e. The van der Waals surface area contributed by atoms with Gasteiger partial charge in [-0.05, 0) is 36.6 Å². The summed E-state index contributed by atoms with van der Waals surface area (Å²) in [7, 11) is 0. The number of urea groups is 1. The monoisotopic (exact) mass is 368 g/mol. The lowest BCUT2D eigenvalue weighted by Gasteiger charge is -2.18. The molecular formula is C18H16ClF3N2O.